The van der Waals surface area contributed by atoms with Crippen LogP contribution in [-0.2, 0) is 0 Å². The minimum absolute atomic E-state index is 0.233. The van der Waals surface area contributed by atoms with Crippen molar-refractivity contribution in [1.82, 2.24) is 20.0 Å². The van der Waals surface area contributed by atoms with E-state index in [9.17, 15) is 4.79 Å². The van der Waals surface area contributed by atoms with Crippen LogP contribution in [0.3, 0.4) is 0 Å². The molecule has 0 fully saturated rings. The molecule has 0 aliphatic rings. The van der Waals surface area contributed by atoms with Crippen molar-refractivity contribution in [1.29, 1.82) is 0 Å². The van der Waals surface area contributed by atoms with Gasteiger partial charge in [0.2, 0.25) is 5.13 Å². The highest BCUT2D eigenvalue weighted by Crippen LogP contribution is 2.30. The van der Waals surface area contributed by atoms with Gasteiger partial charge in [-0.25, -0.2) is 4.68 Å². The number of aromatic nitrogens is 4. The summed E-state index contributed by atoms with van der Waals surface area (Å²) in [6, 6.07) is 13.7. The molecule has 1 aromatic carbocycles. The molecule has 4 aromatic rings. The summed E-state index contributed by atoms with van der Waals surface area (Å²) in [4.78, 5) is 14.0. The van der Waals surface area contributed by atoms with E-state index < -0.39 is 0 Å². The summed E-state index contributed by atoms with van der Waals surface area (Å²) in [5.74, 6) is 0.142. The van der Waals surface area contributed by atoms with Crippen LogP contribution >= 0.6 is 22.7 Å². The maximum atomic E-state index is 13.1. The first-order valence-electron chi connectivity index (χ1n) is 9.53. The molecule has 1 amide bonds. The van der Waals surface area contributed by atoms with Gasteiger partial charge in [0.05, 0.1) is 16.1 Å². The topological polar surface area (TPSA) is 72.7 Å². The molecule has 148 valence electrons. The second kappa shape index (κ2) is 8.67. The summed E-state index contributed by atoms with van der Waals surface area (Å²) >= 11 is 3.00. The summed E-state index contributed by atoms with van der Waals surface area (Å²) in [6.07, 6.45) is 3.78. The van der Waals surface area contributed by atoms with E-state index in [1.165, 1.54) is 11.3 Å². The molecule has 0 bridgehead atoms. The number of para-hydroxylation sites is 1. The minimum atomic E-state index is -0.233. The van der Waals surface area contributed by atoms with Gasteiger partial charge in [0.15, 0.2) is 0 Å². The number of thiophene rings is 1. The Morgan fingerprint density at radius 3 is 2.59 bits per heavy atom. The summed E-state index contributed by atoms with van der Waals surface area (Å²) < 4.78 is 1.74. The lowest BCUT2D eigenvalue weighted by Crippen LogP contribution is -2.12. The van der Waals surface area contributed by atoms with Crippen LogP contribution in [0.2, 0.25) is 0 Å². The summed E-state index contributed by atoms with van der Waals surface area (Å²) in [5.41, 5.74) is 2.07. The van der Waals surface area contributed by atoms with Crippen LogP contribution < -0.4 is 5.32 Å². The molecule has 3 heterocycles. The zero-order valence-corrected chi connectivity index (χ0v) is 17.8. The number of nitrogens with one attached hydrogen (secondary N) is 1. The number of benzene rings is 1. The Kier molecular flexibility index (Phi) is 5.82. The van der Waals surface area contributed by atoms with Gasteiger partial charge in [-0.3, -0.25) is 10.1 Å². The Morgan fingerprint density at radius 2 is 1.90 bits per heavy atom. The molecule has 0 spiro atoms. The fraction of sp³-hybridized carbons (Fsp3) is 0.238. The van der Waals surface area contributed by atoms with E-state index >= 15 is 0 Å². The molecule has 4 rings (SSSR count). The number of nitrogens with zero attached hydrogens (tertiary/aromatic N) is 4. The van der Waals surface area contributed by atoms with E-state index in [1.54, 1.807) is 22.2 Å². The van der Waals surface area contributed by atoms with Crippen LogP contribution in [0.4, 0.5) is 5.13 Å². The summed E-state index contributed by atoms with van der Waals surface area (Å²) in [7, 11) is 0. The molecule has 0 aliphatic heterocycles. The Morgan fingerprint density at radius 1 is 1.10 bits per heavy atom. The maximum absolute atomic E-state index is 13.1. The number of hydrogen-bond acceptors (Lipinski definition) is 6. The van der Waals surface area contributed by atoms with Gasteiger partial charge in [-0.05, 0) is 36.4 Å². The van der Waals surface area contributed by atoms with Crippen LogP contribution in [-0.4, -0.2) is 25.9 Å². The number of carbonyl (C=O) groups is 1. The first-order chi connectivity index (χ1) is 14.2. The summed E-state index contributed by atoms with van der Waals surface area (Å²) in [5, 5.41) is 19.5. The third kappa shape index (κ3) is 4.13. The maximum Gasteiger partial charge on any atom is 0.261 e. The second-order valence-electron chi connectivity index (χ2n) is 6.56. The minimum Gasteiger partial charge on any atom is -0.296 e. The monoisotopic (exact) mass is 423 g/mol. The first kappa shape index (κ1) is 19.5. The van der Waals surface area contributed by atoms with Crippen molar-refractivity contribution in [3.8, 4) is 16.3 Å². The highest BCUT2D eigenvalue weighted by molar-refractivity contribution is 7.15. The van der Waals surface area contributed by atoms with Gasteiger partial charge < -0.3 is 0 Å². The van der Waals surface area contributed by atoms with Crippen LogP contribution in [0.15, 0.2) is 54.0 Å². The van der Waals surface area contributed by atoms with Gasteiger partial charge in [0, 0.05) is 12.1 Å². The van der Waals surface area contributed by atoms with Crippen molar-refractivity contribution in [2.24, 2.45) is 0 Å². The zero-order chi connectivity index (χ0) is 20.2. The number of rotatable bonds is 7. The lowest BCUT2D eigenvalue weighted by molar-refractivity contribution is 0.102. The van der Waals surface area contributed by atoms with Crippen molar-refractivity contribution >= 4 is 33.7 Å². The van der Waals surface area contributed by atoms with Crippen LogP contribution in [0, 0.1) is 0 Å². The molecule has 0 atom stereocenters. The van der Waals surface area contributed by atoms with Crippen LogP contribution in [0.5, 0.6) is 0 Å². The van der Waals surface area contributed by atoms with Gasteiger partial charge >= 0.3 is 0 Å². The number of carbonyl (C=O) groups excluding carboxylic acids is 1. The molecule has 8 heteroatoms. The molecule has 0 aliphatic carbocycles. The molecule has 29 heavy (non-hydrogen) atoms. The zero-order valence-electron chi connectivity index (χ0n) is 16.2. The van der Waals surface area contributed by atoms with Crippen LogP contribution in [0.25, 0.3) is 16.3 Å². The molecule has 0 unspecified atom stereocenters. The molecule has 0 saturated heterocycles. The highest BCUT2D eigenvalue weighted by atomic mass is 32.1. The van der Waals surface area contributed by atoms with Crippen LogP contribution in [0.1, 0.15) is 48.0 Å². The molecular weight excluding hydrogens is 402 g/mol. The van der Waals surface area contributed by atoms with E-state index in [0.717, 1.165) is 28.4 Å². The van der Waals surface area contributed by atoms with E-state index in [-0.39, 0.29) is 5.91 Å². The van der Waals surface area contributed by atoms with Crippen molar-refractivity contribution < 1.29 is 4.79 Å². The molecule has 0 saturated carbocycles. The van der Waals surface area contributed by atoms with Crippen molar-refractivity contribution in [3.05, 3.63) is 64.6 Å². The van der Waals surface area contributed by atoms with Gasteiger partial charge in [-0.2, -0.15) is 5.10 Å². The Bertz CT molecular complexity index is 1080. The number of amides is 1. The van der Waals surface area contributed by atoms with Crippen molar-refractivity contribution in [3.63, 3.8) is 0 Å². The quantitative estimate of drug-likeness (QED) is 0.419. The molecule has 6 nitrogen and oxygen atoms in total. The summed E-state index contributed by atoms with van der Waals surface area (Å²) in [6.45, 7) is 4.28. The lowest BCUT2D eigenvalue weighted by Gasteiger charge is -2.05. The fourth-order valence-electron chi connectivity index (χ4n) is 3.10. The average molecular weight is 424 g/mol. The second-order valence-corrected chi connectivity index (χ2v) is 8.52. The number of anilines is 1. The van der Waals surface area contributed by atoms with E-state index in [4.69, 9.17) is 0 Å². The molecular formula is C21H21N5OS2. The van der Waals surface area contributed by atoms with Gasteiger partial charge in [0.1, 0.15) is 10.7 Å². The Balaban J connectivity index is 1.65. The van der Waals surface area contributed by atoms with Gasteiger partial charge in [-0.15, -0.1) is 21.5 Å². The third-order valence-corrected chi connectivity index (χ3v) is 6.61. The molecule has 3 aromatic heterocycles. The highest BCUT2D eigenvalue weighted by Gasteiger charge is 2.21. The predicted octanol–water partition coefficient (Wildman–Crippen LogP) is 5.61. The van der Waals surface area contributed by atoms with E-state index in [2.05, 4.69) is 34.5 Å². The Labute approximate surface area is 177 Å². The predicted molar refractivity (Wildman–Crippen MR) is 118 cm³/mol. The Hall–Kier alpha value is -2.84. The smallest absolute Gasteiger partial charge is 0.261 e. The normalized spacial score (nSPS) is 11.1. The van der Waals surface area contributed by atoms with Gasteiger partial charge in [0.25, 0.3) is 5.91 Å². The van der Waals surface area contributed by atoms with E-state index in [0.29, 0.717) is 22.3 Å². The van der Waals surface area contributed by atoms with Crippen molar-refractivity contribution in [2.45, 2.75) is 32.6 Å². The average Bonchev–Trinajstić information content (AvgIpc) is 3.50. The number of hydrogen-bond donors (Lipinski definition) is 1. The third-order valence-electron chi connectivity index (χ3n) is 4.73. The largest absolute Gasteiger partial charge is 0.296 e. The van der Waals surface area contributed by atoms with E-state index in [1.807, 2.05) is 47.8 Å². The standard InChI is InChI=1S/C21H21N5OS2/c1-3-14(4-2)20-23-24-21(29-20)22-19(27)16-13-26(15-9-6-5-7-10-15)25-18(16)17-11-8-12-28-17/h5-14H,3-4H2,1-2H3,(H,22,24,27). The fourth-order valence-corrected chi connectivity index (χ4v) is 4.83. The van der Waals surface area contributed by atoms with Crippen molar-refractivity contribution in [2.75, 3.05) is 5.32 Å². The first-order valence-corrected chi connectivity index (χ1v) is 11.2. The van der Waals surface area contributed by atoms with Gasteiger partial charge in [-0.1, -0.05) is 49.4 Å². The lowest BCUT2D eigenvalue weighted by atomic mass is 10.1. The molecule has 0 radical (unpaired) electrons. The molecule has 1 N–H and O–H groups in total. The SMILES string of the molecule is CCC(CC)c1nnc(NC(=O)c2cn(-c3ccccc3)nc2-c2cccs2)s1.